The number of hydrogen-bond donors (Lipinski definition) is 1. The van der Waals surface area contributed by atoms with Gasteiger partial charge in [0, 0.05) is 18.8 Å². The number of thiol groups is 1. The van der Waals surface area contributed by atoms with Gasteiger partial charge in [-0.15, -0.1) is 0 Å². The number of unbranched alkanes of at least 4 members (excludes halogenated alkanes) is 4. The summed E-state index contributed by atoms with van der Waals surface area (Å²) in [6.45, 7) is 6.85. The summed E-state index contributed by atoms with van der Waals surface area (Å²) in [6.07, 6.45) is 11.1. The molecule has 0 saturated carbocycles. The number of carbonyl (C=O) groups is 2. The van der Waals surface area contributed by atoms with E-state index in [9.17, 15) is 9.59 Å². The Hall–Kier alpha value is -0.910. The number of rotatable bonds is 14. The van der Waals surface area contributed by atoms with Crippen molar-refractivity contribution in [3.8, 4) is 0 Å². The van der Waals surface area contributed by atoms with E-state index < -0.39 is 0 Å². The number of allylic oxidation sites excluding steroid dienone is 4. The molecule has 0 atom stereocenters. The standard InChI is InChI=1S/C18H28O4S.C2H6/c19-17-8-9-18(20)16(15-17)7-3-1-2-4-10-21-12-13-22-11-5-6-14-23;1-2/h8-9,15,23H,1-7,10-14H2;1-2H3. The number of ketones is 2. The third-order valence-electron chi connectivity index (χ3n) is 3.59. The molecule has 1 aliphatic carbocycles. The van der Waals surface area contributed by atoms with Crippen molar-refractivity contribution in [2.75, 3.05) is 32.2 Å². The number of carbonyl (C=O) groups excluding carboxylic acids is 2. The van der Waals surface area contributed by atoms with E-state index in [0.29, 0.717) is 25.2 Å². The fourth-order valence-electron chi connectivity index (χ4n) is 2.26. The Balaban J connectivity index is 0.00000277. The number of hydrogen-bond acceptors (Lipinski definition) is 5. The highest BCUT2D eigenvalue weighted by Gasteiger charge is 2.12. The fraction of sp³-hybridized carbons (Fsp3) is 0.700. The van der Waals surface area contributed by atoms with E-state index in [4.69, 9.17) is 9.47 Å². The molecule has 0 saturated heterocycles. The minimum Gasteiger partial charge on any atom is -0.379 e. The third-order valence-corrected chi connectivity index (χ3v) is 3.90. The topological polar surface area (TPSA) is 52.6 Å². The smallest absolute Gasteiger partial charge is 0.182 e. The van der Waals surface area contributed by atoms with E-state index in [1.165, 1.54) is 18.2 Å². The first-order valence-corrected chi connectivity index (χ1v) is 10.1. The molecule has 25 heavy (non-hydrogen) atoms. The molecule has 144 valence electrons. The van der Waals surface area contributed by atoms with Crippen LogP contribution in [0.25, 0.3) is 0 Å². The van der Waals surface area contributed by atoms with Crippen molar-refractivity contribution < 1.29 is 19.1 Å². The summed E-state index contributed by atoms with van der Waals surface area (Å²) in [5, 5.41) is 0. The minimum atomic E-state index is -0.0826. The summed E-state index contributed by atoms with van der Waals surface area (Å²) < 4.78 is 10.9. The van der Waals surface area contributed by atoms with Crippen molar-refractivity contribution in [3.05, 3.63) is 23.8 Å². The van der Waals surface area contributed by atoms with Gasteiger partial charge in [0.1, 0.15) is 0 Å². The molecular formula is C20H34O4S. The Labute approximate surface area is 158 Å². The third kappa shape index (κ3) is 14.0. The first-order chi connectivity index (χ1) is 12.2. The molecule has 0 spiro atoms. The van der Waals surface area contributed by atoms with E-state index in [-0.39, 0.29) is 11.6 Å². The first kappa shape index (κ1) is 24.1. The summed E-state index contributed by atoms with van der Waals surface area (Å²) in [7, 11) is 0. The van der Waals surface area contributed by atoms with Gasteiger partial charge in [0.05, 0.1) is 13.2 Å². The Morgan fingerprint density at radius 1 is 0.800 bits per heavy atom. The molecule has 0 radical (unpaired) electrons. The van der Waals surface area contributed by atoms with E-state index in [0.717, 1.165) is 57.5 Å². The molecule has 0 N–H and O–H groups in total. The SMILES string of the molecule is CC.O=C1C=CC(=O)C(CCCCCCOCCOCCCCS)=C1. The minimum absolute atomic E-state index is 0.0256. The van der Waals surface area contributed by atoms with Crippen molar-refractivity contribution in [1.82, 2.24) is 0 Å². The summed E-state index contributed by atoms with van der Waals surface area (Å²) in [4.78, 5) is 22.8. The van der Waals surface area contributed by atoms with E-state index in [1.807, 2.05) is 13.8 Å². The molecule has 5 heteroatoms. The molecule has 4 nitrogen and oxygen atoms in total. The van der Waals surface area contributed by atoms with Gasteiger partial charge in [-0.2, -0.15) is 12.6 Å². The van der Waals surface area contributed by atoms with Crippen molar-refractivity contribution in [2.24, 2.45) is 0 Å². The molecule has 0 amide bonds. The Morgan fingerprint density at radius 2 is 1.40 bits per heavy atom. The van der Waals surface area contributed by atoms with E-state index in [1.54, 1.807) is 0 Å². The molecule has 0 bridgehead atoms. The van der Waals surface area contributed by atoms with Crippen LogP contribution in [0.4, 0.5) is 0 Å². The largest absolute Gasteiger partial charge is 0.379 e. The summed E-state index contributed by atoms with van der Waals surface area (Å²) in [5.74, 6) is 0.807. The van der Waals surface area contributed by atoms with Crippen LogP contribution in [0.1, 0.15) is 58.8 Å². The molecular weight excluding hydrogens is 336 g/mol. The summed E-state index contributed by atoms with van der Waals surface area (Å²) >= 11 is 4.15. The number of ether oxygens (including phenoxy) is 2. The lowest BCUT2D eigenvalue weighted by molar-refractivity contribution is -0.114. The van der Waals surface area contributed by atoms with Crippen LogP contribution in [0.2, 0.25) is 0 Å². The lowest BCUT2D eigenvalue weighted by Gasteiger charge is -2.07. The molecule has 1 rings (SSSR count). The second-order valence-corrected chi connectivity index (χ2v) is 6.04. The predicted molar refractivity (Wildman–Crippen MR) is 106 cm³/mol. The highest BCUT2D eigenvalue weighted by Crippen LogP contribution is 2.14. The lowest BCUT2D eigenvalue weighted by Crippen LogP contribution is -2.07. The summed E-state index contributed by atoms with van der Waals surface area (Å²) in [5.41, 5.74) is 0.642. The zero-order valence-corrected chi connectivity index (χ0v) is 16.7. The summed E-state index contributed by atoms with van der Waals surface area (Å²) in [6, 6.07) is 0. The van der Waals surface area contributed by atoms with Crippen LogP contribution in [0, 0.1) is 0 Å². The average molecular weight is 371 g/mol. The van der Waals surface area contributed by atoms with Crippen LogP contribution in [0.15, 0.2) is 23.8 Å². The van der Waals surface area contributed by atoms with Gasteiger partial charge in [0.2, 0.25) is 0 Å². The zero-order chi connectivity index (χ0) is 18.8. The molecule has 0 aliphatic heterocycles. The maximum Gasteiger partial charge on any atom is 0.182 e. The van der Waals surface area contributed by atoms with Crippen LogP contribution in [-0.4, -0.2) is 43.7 Å². The molecule has 0 aromatic carbocycles. The molecule has 1 aliphatic rings. The monoisotopic (exact) mass is 370 g/mol. The maximum absolute atomic E-state index is 11.5. The van der Waals surface area contributed by atoms with Gasteiger partial charge >= 0.3 is 0 Å². The van der Waals surface area contributed by atoms with E-state index >= 15 is 0 Å². The molecule has 0 fully saturated rings. The van der Waals surface area contributed by atoms with Crippen molar-refractivity contribution >= 4 is 24.2 Å². The van der Waals surface area contributed by atoms with Crippen LogP contribution in [0.3, 0.4) is 0 Å². The van der Waals surface area contributed by atoms with Gasteiger partial charge in [-0.1, -0.05) is 26.7 Å². The normalized spacial score (nSPS) is 13.5. The van der Waals surface area contributed by atoms with Crippen molar-refractivity contribution in [2.45, 2.75) is 58.8 Å². The second kappa shape index (κ2) is 17.9. The van der Waals surface area contributed by atoms with Gasteiger partial charge < -0.3 is 9.47 Å². The van der Waals surface area contributed by atoms with Gasteiger partial charge in [-0.25, -0.2) is 0 Å². The van der Waals surface area contributed by atoms with Crippen molar-refractivity contribution in [1.29, 1.82) is 0 Å². The highest BCUT2D eigenvalue weighted by molar-refractivity contribution is 7.80. The molecule has 0 unspecified atom stereocenters. The molecule has 0 aromatic heterocycles. The van der Waals surface area contributed by atoms with Gasteiger partial charge in [-0.05, 0) is 56.1 Å². The van der Waals surface area contributed by atoms with Crippen LogP contribution >= 0.6 is 12.6 Å². The van der Waals surface area contributed by atoms with Gasteiger partial charge in [-0.3, -0.25) is 9.59 Å². The Kier molecular flexibility index (Phi) is 17.2. The van der Waals surface area contributed by atoms with Gasteiger partial charge in [0.25, 0.3) is 0 Å². The second-order valence-electron chi connectivity index (χ2n) is 5.59. The lowest BCUT2D eigenvalue weighted by atomic mass is 9.98. The Morgan fingerprint density at radius 3 is 2.04 bits per heavy atom. The predicted octanol–water partition coefficient (Wildman–Crippen LogP) is 4.34. The fourth-order valence-corrected chi connectivity index (χ4v) is 2.49. The van der Waals surface area contributed by atoms with Crippen LogP contribution in [-0.2, 0) is 19.1 Å². The highest BCUT2D eigenvalue weighted by atomic mass is 32.1. The molecule has 0 heterocycles. The van der Waals surface area contributed by atoms with Crippen LogP contribution < -0.4 is 0 Å². The molecule has 0 aromatic rings. The maximum atomic E-state index is 11.5. The van der Waals surface area contributed by atoms with E-state index in [2.05, 4.69) is 12.6 Å². The average Bonchev–Trinajstić information content (AvgIpc) is 2.63. The first-order valence-electron chi connectivity index (χ1n) is 9.47. The zero-order valence-electron chi connectivity index (χ0n) is 15.8. The quantitative estimate of drug-likeness (QED) is 0.281. The van der Waals surface area contributed by atoms with Crippen LogP contribution in [0.5, 0.6) is 0 Å². The Bertz CT molecular complexity index is 416. The van der Waals surface area contributed by atoms with Gasteiger partial charge in [0.15, 0.2) is 11.6 Å². The van der Waals surface area contributed by atoms with Crippen molar-refractivity contribution in [3.63, 3.8) is 0 Å².